The smallest absolute Gasteiger partial charge is 0.363 e. The van der Waals surface area contributed by atoms with Crippen molar-refractivity contribution in [1.82, 2.24) is 10.2 Å². The van der Waals surface area contributed by atoms with Crippen molar-refractivity contribution in [2.45, 2.75) is 6.92 Å². The Hall–Kier alpha value is -1.92. The number of hydrogen-bond donors (Lipinski definition) is 2. The van der Waals surface area contributed by atoms with Crippen LogP contribution in [0.15, 0.2) is 0 Å². The molecule has 1 aromatic rings. The lowest BCUT2D eigenvalue weighted by Gasteiger charge is -1.87. The van der Waals surface area contributed by atoms with Crippen LogP contribution in [0.4, 0.5) is 5.69 Å². The lowest BCUT2D eigenvalue weighted by molar-refractivity contribution is -0.385. The number of aryl methyl sites for hydroxylation is 1. The molecule has 0 atom stereocenters. The van der Waals surface area contributed by atoms with Crippen LogP contribution >= 0.6 is 0 Å². The van der Waals surface area contributed by atoms with E-state index in [9.17, 15) is 14.9 Å². The van der Waals surface area contributed by atoms with Gasteiger partial charge in [0.15, 0.2) is 0 Å². The molecule has 0 saturated carbocycles. The molecule has 0 aliphatic rings. The summed E-state index contributed by atoms with van der Waals surface area (Å²) in [4.78, 5) is 19.9. The number of rotatable bonds is 2. The minimum absolute atomic E-state index is 0.136. The zero-order chi connectivity index (χ0) is 9.30. The van der Waals surface area contributed by atoms with E-state index in [1.807, 2.05) is 0 Å². The summed E-state index contributed by atoms with van der Waals surface area (Å²) in [5, 5.41) is 24.2. The lowest BCUT2D eigenvalue weighted by atomic mass is 10.3. The number of aromatic nitrogens is 2. The fourth-order valence-electron chi connectivity index (χ4n) is 0.796. The van der Waals surface area contributed by atoms with Gasteiger partial charge >= 0.3 is 11.7 Å². The average molecular weight is 171 g/mol. The second-order valence-electron chi connectivity index (χ2n) is 2.11. The minimum Gasteiger partial charge on any atom is -0.476 e. The molecule has 0 saturated heterocycles. The van der Waals surface area contributed by atoms with Gasteiger partial charge in [0.1, 0.15) is 5.69 Å². The van der Waals surface area contributed by atoms with Gasteiger partial charge in [0.2, 0.25) is 5.69 Å². The van der Waals surface area contributed by atoms with Crippen molar-refractivity contribution in [1.29, 1.82) is 0 Å². The molecule has 2 N–H and O–H groups in total. The Morgan fingerprint density at radius 3 is 2.67 bits per heavy atom. The summed E-state index contributed by atoms with van der Waals surface area (Å²) in [6.07, 6.45) is 0. The maximum Gasteiger partial charge on any atom is 0.363 e. The zero-order valence-electron chi connectivity index (χ0n) is 6.07. The Kier molecular flexibility index (Phi) is 1.78. The normalized spacial score (nSPS) is 9.75. The molecule has 7 nitrogen and oxygen atoms in total. The van der Waals surface area contributed by atoms with E-state index in [2.05, 4.69) is 10.2 Å². The van der Waals surface area contributed by atoms with Crippen molar-refractivity contribution in [3.63, 3.8) is 0 Å². The standard InChI is InChI=1S/C5H5N3O4/c1-2-4(8(11)12)3(5(9)10)7-6-2/h1H3,(H,6,7)(H,9,10). The van der Waals surface area contributed by atoms with Crippen LogP contribution in [0, 0.1) is 17.0 Å². The molecule has 1 heterocycles. The van der Waals surface area contributed by atoms with Crippen LogP contribution < -0.4 is 0 Å². The highest BCUT2D eigenvalue weighted by atomic mass is 16.6. The van der Waals surface area contributed by atoms with E-state index < -0.39 is 22.3 Å². The third-order valence-electron chi connectivity index (χ3n) is 1.30. The monoisotopic (exact) mass is 171 g/mol. The van der Waals surface area contributed by atoms with E-state index in [0.29, 0.717) is 0 Å². The van der Waals surface area contributed by atoms with Gasteiger partial charge in [0.05, 0.1) is 4.92 Å². The van der Waals surface area contributed by atoms with E-state index in [0.717, 1.165) is 0 Å². The average Bonchev–Trinajstić information content (AvgIpc) is 2.30. The van der Waals surface area contributed by atoms with Crippen LogP contribution in [0.25, 0.3) is 0 Å². The van der Waals surface area contributed by atoms with Gasteiger partial charge in [-0.3, -0.25) is 15.2 Å². The number of nitrogens with one attached hydrogen (secondary N) is 1. The fraction of sp³-hybridized carbons (Fsp3) is 0.200. The Morgan fingerprint density at radius 1 is 1.75 bits per heavy atom. The number of aromatic carboxylic acids is 1. The van der Waals surface area contributed by atoms with Crippen molar-refractivity contribution in [3.8, 4) is 0 Å². The van der Waals surface area contributed by atoms with Crippen LogP contribution in [0.3, 0.4) is 0 Å². The Bertz CT molecular complexity index is 342. The molecule has 1 aromatic heterocycles. The molecule has 0 bridgehead atoms. The summed E-state index contributed by atoms with van der Waals surface area (Å²) >= 11 is 0. The summed E-state index contributed by atoms with van der Waals surface area (Å²) in [6.45, 7) is 1.39. The van der Waals surface area contributed by atoms with Gasteiger partial charge in [-0.25, -0.2) is 4.79 Å². The molecule has 0 aliphatic heterocycles. The molecule has 0 aromatic carbocycles. The maximum atomic E-state index is 10.4. The number of nitrogens with zero attached hydrogens (tertiary/aromatic N) is 2. The van der Waals surface area contributed by atoms with Crippen LogP contribution in [-0.4, -0.2) is 26.2 Å². The molecule has 7 heteroatoms. The molecule has 0 fully saturated rings. The topological polar surface area (TPSA) is 109 Å². The molecular formula is C5H5N3O4. The van der Waals surface area contributed by atoms with Gasteiger partial charge in [0, 0.05) is 0 Å². The summed E-state index contributed by atoms with van der Waals surface area (Å²) < 4.78 is 0. The van der Waals surface area contributed by atoms with Gasteiger partial charge in [0.25, 0.3) is 0 Å². The van der Waals surface area contributed by atoms with E-state index in [1.54, 1.807) is 0 Å². The Morgan fingerprint density at radius 2 is 2.33 bits per heavy atom. The quantitative estimate of drug-likeness (QED) is 0.492. The van der Waals surface area contributed by atoms with Crippen molar-refractivity contribution < 1.29 is 14.8 Å². The van der Waals surface area contributed by atoms with Crippen molar-refractivity contribution in [2.75, 3.05) is 0 Å². The predicted molar refractivity (Wildman–Crippen MR) is 36.9 cm³/mol. The number of aromatic amines is 1. The van der Waals surface area contributed by atoms with Crippen LogP contribution in [0.5, 0.6) is 0 Å². The van der Waals surface area contributed by atoms with E-state index in [1.165, 1.54) is 6.92 Å². The molecule has 0 amide bonds. The fourth-order valence-corrected chi connectivity index (χ4v) is 0.796. The first-order valence-electron chi connectivity index (χ1n) is 2.96. The molecular weight excluding hydrogens is 166 g/mol. The van der Waals surface area contributed by atoms with Crippen molar-refractivity contribution in [2.24, 2.45) is 0 Å². The second kappa shape index (κ2) is 2.61. The van der Waals surface area contributed by atoms with Crippen molar-refractivity contribution >= 4 is 11.7 Å². The first-order valence-corrected chi connectivity index (χ1v) is 2.96. The highest BCUT2D eigenvalue weighted by molar-refractivity contribution is 5.90. The summed E-state index contributed by atoms with van der Waals surface area (Å²) in [5.74, 6) is -1.41. The van der Waals surface area contributed by atoms with Gasteiger partial charge in [-0.1, -0.05) is 0 Å². The molecule has 0 spiro atoms. The highest BCUT2D eigenvalue weighted by Crippen LogP contribution is 2.19. The van der Waals surface area contributed by atoms with Crippen LogP contribution in [0.2, 0.25) is 0 Å². The number of nitro groups is 1. The van der Waals surface area contributed by atoms with Crippen LogP contribution in [0.1, 0.15) is 16.2 Å². The lowest BCUT2D eigenvalue weighted by Crippen LogP contribution is -2.01. The number of hydrogen-bond acceptors (Lipinski definition) is 4. The molecule has 1 rings (SSSR count). The van der Waals surface area contributed by atoms with E-state index in [4.69, 9.17) is 5.11 Å². The van der Waals surface area contributed by atoms with Gasteiger partial charge in [-0.15, -0.1) is 0 Å². The molecule has 0 aliphatic carbocycles. The van der Waals surface area contributed by atoms with Crippen molar-refractivity contribution in [3.05, 3.63) is 21.5 Å². The molecule has 0 unspecified atom stereocenters. The third-order valence-corrected chi connectivity index (χ3v) is 1.30. The number of H-pyrrole nitrogens is 1. The molecule has 0 radical (unpaired) electrons. The maximum absolute atomic E-state index is 10.4. The second-order valence-corrected chi connectivity index (χ2v) is 2.11. The number of carboxylic acid groups (broad SMARTS) is 1. The minimum atomic E-state index is -1.41. The first kappa shape index (κ1) is 8.18. The molecule has 64 valence electrons. The number of carbonyl (C=O) groups is 1. The SMILES string of the molecule is Cc1[nH]nc(C(=O)O)c1[N+](=O)[O-]. The summed E-state index contributed by atoms with van der Waals surface area (Å²) in [5.41, 5.74) is -0.905. The van der Waals surface area contributed by atoms with Crippen LogP contribution in [-0.2, 0) is 0 Å². The Balaban J connectivity index is 3.31. The predicted octanol–water partition coefficient (Wildman–Crippen LogP) is 0.325. The van der Waals surface area contributed by atoms with E-state index in [-0.39, 0.29) is 5.69 Å². The molecule has 12 heavy (non-hydrogen) atoms. The van der Waals surface area contributed by atoms with Gasteiger partial charge in [-0.05, 0) is 6.92 Å². The van der Waals surface area contributed by atoms with Gasteiger partial charge in [-0.2, -0.15) is 5.10 Å². The number of carboxylic acids is 1. The first-order chi connectivity index (χ1) is 5.54. The third kappa shape index (κ3) is 1.11. The summed E-state index contributed by atoms with van der Waals surface area (Å²) in [7, 11) is 0. The Labute approximate surface area is 66.2 Å². The zero-order valence-corrected chi connectivity index (χ0v) is 6.07. The highest BCUT2D eigenvalue weighted by Gasteiger charge is 2.26. The largest absolute Gasteiger partial charge is 0.476 e. The van der Waals surface area contributed by atoms with Gasteiger partial charge < -0.3 is 5.11 Å². The summed E-state index contributed by atoms with van der Waals surface area (Å²) in [6, 6.07) is 0. The van der Waals surface area contributed by atoms with E-state index >= 15 is 0 Å².